The number of benzene rings is 4. The third-order valence-corrected chi connectivity index (χ3v) is 6.29. The van der Waals surface area contributed by atoms with Gasteiger partial charge in [0.05, 0.1) is 21.2 Å². The Labute approximate surface area is 411 Å². The summed E-state index contributed by atoms with van der Waals surface area (Å²) < 4.78 is 39.2. The van der Waals surface area contributed by atoms with Crippen molar-refractivity contribution in [1.82, 2.24) is 0 Å². The molecular weight excluding hydrogens is 913 g/mol. The van der Waals surface area contributed by atoms with E-state index in [1.54, 1.807) is 132 Å². The molecule has 0 aliphatic heterocycles. The first-order valence-electron chi connectivity index (χ1n) is 22.0. The third kappa shape index (κ3) is 32.9. The molecule has 0 aliphatic carbocycles. The van der Waals surface area contributed by atoms with Crippen LogP contribution >= 0.6 is 0 Å². The quantitative estimate of drug-likeness (QED) is 0.0453. The summed E-state index contributed by atoms with van der Waals surface area (Å²) in [5.74, 6) is 0.358. The smallest absolute Gasteiger partial charge is 0.428 e. The van der Waals surface area contributed by atoms with Crippen LogP contribution in [0.4, 0.5) is 41.9 Å². The molecule has 20 nitrogen and oxygen atoms in total. The lowest BCUT2D eigenvalue weighted by molar-refractivity contribution is -0.385. The molecule has 70 heavy (non-hydrogen) atoms. The van der Waals surface area contributed by atoms with Crippen molar-refractivity contribution in [1.29, 1.82) is 0 Å². The number of ether oxygens (including phenoxy) is 8. The van der Waals surface area contributed by atoms with Crippen LogP contribution in [-0.4, -0.2) is 56.9 Å². The molecule has 0 radical (unpaired) electrons. The molecule has 388 valence electrons. The second-order valence-corrected chi connectivity index (χ2v) is 18.2. The highest BCUT2D eigenvalue weighted by atomic mass is 16.8. The van der Waals surface area contributed by atoms with Crippen LogP contribution < -0.4 is 30.4 Å². The molecule has 0 heterocycles. The second kappa shape index (κ2) is 31.4. The van der Waals surface area contributed by atoms with Gasteiger partial charge in [0.1, 0.15) is 22.4 Å². The topological polar surface area (TPSA) is 280 Å². The summed E-state index contributed by atoms with van der Waals surface area (Å²) in [5, 5.41) is 21.3. The van der Waals surface area contributed by atoms with Crippen molar-refractivity contribution in [3.8, 4) is 23.0 Å². The molecule has 0 spiro atoms. The number of hydrogen-bond acceptors (Lipinski definition) is 18. The standard InChI is InChI=1S/2C11H13NO5.2C11H15NO3.2C3H8/c2*1-11(2,3)17-10(13)16-9-7-5-4-6-8(9)12(14)15;2*1-11(2,3)15-10(13)14-9-7-5-4-6-8(9)12;2*1-3-2/h2*4-7H,1-3H3;2*4-7H,12H2,1-3H3;2*3H2,1-2H3. The van der Waals surface area contributed by atoms with Gasteiger partial charge < -0.3 is 49.4 Å². The zero-order valence-electron chi connectivity index (χ0n) is 43.2. The Bertz CT molecular complexity index is 2080. The van der Waals surface area contributed by atoms with Crippen molar-refractivity contribution in [2.45, 2.75) is 146 Å². The molecule has 4 N–H and O–H groups in total. The van der Waals surface area contributed by atoms with E-state index in [2.05, 4.69) is 27.7 Å². The Hall–Kier alpha value is -7.64. The highest BCUT2D eigenvalue weighted by Crippen LogP contribution is 2.28. The highest BCUT2D eigenvalue weighted by molar-refractivity contribution is 5.69. The molecule has 0 amide bonds. The first-order chi connectivity index (χ1) is 32.2. The van der Waals surface area contributed by atoms with Crippen molar-refractivity contribution in [3.05, 3.63) is 117 Å². The lowest BCUT2D eigenvalue weighted by Gasteiger charge is -2.18. The predicted octanol–water partition coefficient (Wildman–Crippen LogP) is 13.8. The molecule has 0 atom stereocenters. The van der Waals surface area contributed by atoms with Crippen molar-refractivity contribution >= 4 is 47.4 Å². The summed E-state index contributed by atoms with van der Waals surface area (Å²) in [6.07, 6.45) is -0.931. The number of hydrogen-bond donors (Lipinski definition) is 2. The maximum atomic E-state index is 11.3. The fraction of sp³-hybridized carbons (Fsp3) is 0.440. The minimum atomic E-state index is -0.966. The molecular formula is C50H72N4O16. The number of carbonyl (C=O) groups excluding carboxylic acids is 4. The number of anilines is 2. The Morgan fingerprint density at radius 2 is 0.586 bits per heavy atom. The van der Waals surface area contributed by atoms with Gasteiger partial charge in [0.25, 0.3) is 0 Å². The van der Waals surface area contributed by atoms with E-state index in [0.29, 0.717) is 22.9 Å². The summed E-state index contributed by atoms with van der Waals surface area (Å²) in [6, 6.07) is 24.7. The van der Waals surface area contributed by atoms with Gasteiger partial charge in [0.15, 0.2) is 11.5 Å². The van der Waals surface area contributed by atoms with Crippen LogP contribution in [0.5, 0.6) is 23.0 Å². The SMILES string of the molecule is CC(C)(C)OC(=O)Oc1ccccc1N.CC(C)(C)OC(=O)Oc1ccccc1N.CC(C)(C)OC(=O)Oc1ccccc1[N+](=O)[O-].CC(C)(C)OC(=O)Oc1ccccc1[N+](=O)[O-].CCC.CCC. The van der Waals surface area contributed by atoms with Gasteiger partial charge in [-0.1, -0.05) is 89.1 Å². The van der Waals surface area contributed by atoms with Gasteiger partial charge in [-0.25, -0.2) is 19.2 Å². The zero-order chi connectivity index (χ0) is 54.5. The number of carbonyl (C=O) groups is 4. The Morgan fingerprint density at radius 3 is 0.786 bits per heavy atom. The van der Waals surface area contributed by atoms with E-state index in [0.717, 1.165) is 0 Å². The highest BCUT2D eigenvalue weighted by Gasteiger charge is 2.24. The molecule has 0 unspecified atom stereocenters. The van der Waals surface area contributed by atoms with Crippen molar-refractivity contribution in [3.63, 3.8) is 0 Å². The number of para-hydroxylation sites is 8. The van der Waals surface area contributed by atoms with Crippen LogP contribution in [0, 0.1) is 20.2 Å². The van der Waals surface area contributed by atoms with Gasteiger partial charge in [-0.05, 0) is 119 Å². The molecule has 4 aromatic carbocycles. The van der Waals surface area contributed by atoms with Crippen LogP contribution in [0.1, 0.15) is 124 Å². The molecule has 0 fully saturated rings. The van der Waals surface area contributed by atoms with E-state index in [9.17, 15) is 39.4 Å². The molecule has 4 aromatic rings. The molecule has 0 bridgehead atoms. The third-order valence-electron chi connectivity index (χ3n) is 6.29. The summed E-state index contributed by atoms with van der Waals surface area (Å²) in [4.78, 5) is 65.3. The summed E-state index contributed by atoms with van der Waals surface area (Å²) in [6.45, 7) is 29.1. The lowest BCUT2D eigenvalue weighted by Crippen LogP contribution is -2.26. The van der Waals surface area contributed by atoms with Gasteiger partial charge >= 0.3 is 36.0 Å². The number of nitro benzene ring substituents is 2. The molecule has 20 heteroatoms. The number of nitrogen functional groups attached to an aromatic ring is 2. The van der Waals surface area contributed by atoms with Gasteiger partial charge in [-0.3, -0.25) is 20.2 Å². The Balaban J connectivity index is 0. The van der Waals surface area contributed by atoms with Gasteiger partial charge in [0.2, 0.25) is 11.5 Å². The minimum Gasteiger partial charge on any atom is -0.428 e. The normalized spacial score (nSPS) is 10.4. The Morgan fingerprint density at radius 1 is 0.400 bits per heavy atom. The van der Waals surface area contributed by atoms with E-state index < -0.39 is 56.9 Å². The van der Waals surface area contributed by atoms with Gasteiger partial charge in [-0.15, -0.1) is 0 Å². The second-order valence-electron chi connectivity index (χ2n) is 18.2. The first-order valence-corrected chi connectivity index (χ1v) is 22.0. The number of rotatable bonds is 6. The van der Waals surface area contributed by atoms with E-state index in [-0.39, 0.29) is 22.9 Å². The number of nitrogens with zero attached hydrogens (tertiary/aromatic N) is 2. The van der Waals surface area contributed by atoms with Crippen LogP contribution in [0.2, 0.25) is 0 Å². The number of nitrogens with two attached hydrogens (primary N) is 2. The van der Waals surface area contributed by atoms with E-state index >= 15 is 0 Å². The fourth-order valence-corrected chi connectivity index (χ4v) is 3.98. The summed E-state index contributed by atoms with van der Waals surface area (Å²) >= 11 is 0. The number of nitro groups is 2. The van der Waals surface area contributed by atoms with Crippen molar-refractivity contribution in [2.75, 3.05) is 11.5 Å². The van der Waals surface area contributed by atoms with Gasteiger partial charge in [-0.2, -0.15) is 0 Å². The van der Waals surface area contributed by atoms with Crippen LogP contribution in [-0.2, 0) is 18.9 Å². The minimum absolute atomic E-state index is 0.133. The maximum Gasteiger partial charge on any atom is 0.514 e. The van der Waals surface area contributed by atoms with Crippen LogP contribution in [0.25, 0.3) is 0 Å². The lowest BCUT2D eigenvalue weighted by atomic mass is 10.2. The molecule has 0 aromatic heterocycles. The van der Waals surface area contributed by atoms with Crippen LogP contribution in [0.3, 0.4) is 0 Å². The molecule has 0 aliphatic rings. The monoisotopic (exact) mass is 984 g/mol. The molecule has 0 saturated heterocycles. The zero-order valence-corrected chi connectivity index (χ0v) is 43.2. The molecule has 4 rings (SSSR count). The van der Waals surface area contributed by atoms with Crippen molar-refractivity contribution in [2.24, 2.45) is 0 Å². The van der Waals surface area contributed by atoms with Gasteiger partial charge in [0, 0.05) is 12.1 Å². The van der Waals surface area contributed by atoms with E-state index in [1.165, 1.54) is 61.4 Å². The fourth-order valence-electron chi connectivity index (χ4n) is 3.98. The summed E-state index contributed by atoms with van der Waals surface area (Å²) in [5.41, 5.74) is 8.90. The van der Waals surface area contributed by atoms with E-state index in [4.69, 9.17) is 49.4 Å². The largest absolute Gasteiger partial charge is 0.514 e. The molecule has 0 saturated carbocycles. The van der Waals surface area contributed by atoms with Crippen LogP contribution in [0.15, 0.2) is 97.1 Å². The first kappa shape index (κ1) is 64.4. The predicted molar refractivity (Wildman–Crippen MR) is 267 cm³/mol. The van der Waals surface area contributed by atoms with E-state index in [1.807, 2.05) is 0 Å². The Kier molecular flexibility index (Phi) is 28.9. The maximum absolute atomic E-state index is 11.3. The average molecular weight is 985 g/mol. The average Bonchev–Trinajstić information content (AvgIpc) is 3.18. The van der Waals surface area contributed by atoms with Crippen molar-refractivity contribution < 1.29 is 66.9 Å². The summed E-state index contributed by atoms with van der Waals surface area (Å²) in [7, 11) is 0.